The molecule has 1 fully saturated rings. The Bertz CT molecular complexity index is 600. The van der Waals surface area contributed by atoms with Gasteiger partial charge in [0, 0.05) is 17.6 Å². The summed E-state index contributed by atoms with van der Waals surface area (Å²) in [5.74, 6) is 0.829. The highest BCUT2D eigenvalue weighted by Gasteiger charge is 2.16. The fourth-order valence-electron chi connectivity index (χ4n) is 3.22. The van der Waals surface area contributed by atoms with Crippen LogP contribution in [0.1, 0.15) is 24.1 Å². The fourth-order valence-corrected chi connectivity index (χ4v) is 3.22. The van der Waals surface area contributed by atoms with Crippen molar-refractivity contribution in [3.8, 4) is 0 Å². The third-order valence-electron chi connectivity index (χ3n) is 4.52. The molecule has 1 aromatic heterocycles. The zero-order valence-corrected chi connectivity index (χ0v) is 13.1. The quantitative estimate of drug-likeness (QED) is 0.935. The van der Waals surface area contributed by atoms with Gasteiger partial charge in [0.05, 0.1) is 5.52 Å². The van der Waals surface area contributed by atoms with E-state index in [2.05, 4.69) is 59.5 Å². The third kappa shape index (κ3) is 3.60. The molecule has 1 aliphatic rings. The van der Waals surface area contributed by atoms with E-state index in [1.165, 1.54) is 36.9 Å². The van der Waals surface area contributed by atoms with Gasteiger partial charge in [0.2, 0.25) is 0 Å². The highest BCUT2D eigenvalue weighted by molar-refractivity contribution is 5.82. The Morgan fingerprint density at radius 2 is 2.00 bits per heavy atom. The Morgan fingerprint density at radius 1 is 1.24 bits per heavy atom. The van der Waals surface area contributed by atoms with Crippen molar-refractivity contribution in [1.82, 2.24) is 15.2 Å². The molecular formula is C18H25N3. The average Bonchev–Trinajstić information content (AvgIpc) is 2.49. The molecule has 1 aromatic carbocycles. The summed E-state index contributed by atoms with van der Waals surface area (Å²) in [7, 11) is 2.22. The molecule has 2 aromatic rings. The molecule has 1 N–H and O–H groups in total. The first-order chi connectivity index (χ1) is 10.2. The third-order valence-corrected chi connectivity index (χ3v) is 4.52. The minimum atomic E-state index is 0.829. The lowest BCUT2D eigenvalue weighted by molar-refractivity contribution is 0.216. The normalized spacial score (nSPS) is 17.4. The Hall–Kier alpha value is -1.45. The van der Waals surface area contributed by atoms with Crippen molar-refractivity contribution in [2.75, 3.05) is 26.7 Å². The number of nitrogens with zero attached hydrogens (tertiary/aromatic N) is 2. The average molecular weight is 283 g/mol. The van der Waals surface area contributed by atoms with Gasteiger partial charge in [0.15, 0.2) is 0 Å². The van der Waals surface area contributed by atoms with Crippen LogP contribution >= 0.6 is 0 Å². The maximum atomic E-state index is 4.61. The number of fused-ring (bicyclic) bond motifs is 1. The van der Waals surface area contributed by atoms with Crippen molar-refractivity contribution in [3.05, 3.63) is 41.6 Å². The molecule has 3 rings (SSSR count). The molecule has 3 heteroatoms. The molecule has 0 amide bonds. The fraction of sp³-hybridized carbons (Fsp3) is 0.500. The van der Waals surface area contributed by atoms with Crippen molar-refractivity contribution in [3.63, 3.8) is 0 Å². The van der Waals surface area contributed by atoms with E-state index in [1.54, 1.807) is 0 Å². The second-order valence-corrected chi connectivity index (χ2v) is 6.32. The molecule has 0 unspecified atom stereocenters. The zero-order valence-electron chi connectivity index (χ0n) is 13.1. The van der Waals surface area contributed by atoms with Gasteiger partial charge in [-0.25, -0.2) is 0 Å². The van der Waals surface area contributed by atoms with Gasteiger partial charge in [0.1, 0.15) is 0 Å². The minimum Gasteiger partial charge on any atom is -0.312 e. The number of hydrogen-bond donors (Lipinski definition) is 1. The van der Waals surface area contributed by atoms with Crippen LogP contribution in [-0.2, 0) is 6.54 Å². The van der Waals surface area contributed by atoms with E-state index in [0.29, 0.717) is 0 Å². The van der Waals surface area contributed by atoms with E-state index in [4.69, 9.17) is 0 Å². The van der Waals surface area contributed by atoms with Crippen LogP contribution in [0.15, 0.2) is 30.3 Å². The van der Waals surface area contributed by atoms with Gasteiger partial charge in [-0.05, 0) is 70.1 Å². The van der Waals surface area contributed by atoms with Crippen LogP contribution in [0.25, 0.3) is 10.9 Å². The highest BCUT2D eigenvalue weighted by atomic mass is 15.1. The number of rotatable bonds is 4. The summed E-state index contributed by atoms with van der Waals surface area (Å²) in [5.41, 5.74) is 3.57. The van der Waals surface area contributed by atoms with Crippen molar-refractivity contribution in [2.24, 2.45) is 5.92 Å². The summed E-state index contributed by atoms with van der Waals surface area (Å²) >= 11 is 0. The molecular weight excluding hydrogens is 258 g/mol. The summed E-state index contributed by atoms with van der Waals surface area (Å²) in [6.07, 6.45) is 2.64. The Morgan fingerprint density at radius 3 is 2.81 bits per heavy atom. The summed E-state index contributed by atoms with van der Waals surface area (Å²) in [6, 6.07) is 10.6. The maximum Gasteiger partial charge on any atom is 0.0708 e. The lowest BCUT2D eigenvalue weighted by Gasteiger charge is -2.29. The highest BCUT2D eigenvalue weighted by Crippen LogP contribution is 2.19. The van der Waals surface area contributed by atoms with E-state index in [1.807, 2.05) is 0 Å². The molecule has 21 heavy (non-hydrogen) atoms. The summed E-state index contributed by atoms with van der Waals surface area (Å²) < 4.78 is 0. The minimum absolute atomic E-state index is 0.829. The molecule has 0 atom stereocenters. The van der Waals surface area contributed by atoms with Crippen LogP contribution in [0.3, 0.4) is 0 Å². The standard InChI is InChI=1S/C18H25N3/c1-14-11-16(17-5-3-4-6-18(17)20-14)13-19-12-15-7-9-21(2)10-8-15/h3-6,11,15,19H,7-10,12-13H2,1-2H3. The monoisotopic (exact) mass is 283 g/mol. The number of likely N-dealkylation sites (tertiary alicyclic amines) is 1. The van der Waals surface area contributed by atoms with Crippen LogP contribution < -0.4 is 5.32 Å². The number of nitrogens with one attached hydrogen (secondary N) is 1. The van der Waals surface area contributed by atoms with Crippen molar-refractivity contribution < 1.29 is 0 Å². The van der Waals surface area contributed by atoms with Gasteiger partial charge in [-0.3, -0.25) is 4.98 Å². The van der Waals surface area contributed by atoms with E-state index in [9.17, 15) is 0 Å². The Balaban J connectivity index is 1.63. The number of para-hydroxylation sites is 1. The van der Waals surface area contributed by atoms with E-state index < -0.39 is 0 Å². The molecule has 112 valence electrons. The number of benzene rings is 1. The van der Waals surface area contributed by atoms with Gasteiger partial charge in [-0.15, -0.1) is 0 Å². The van der Waals surface area contributed by atoms with Crippen LogP contribution in [0.2, 0.25) is 0 Å². The number of hydrogen-bond acceptors (Lipinski definition) is 3. The van der Waals surface area contributed by atoms with Crippen LogP contribution in [-0.4, -0.2) is 36.6 Å². The van der Waals surface area contributed by atoms with Gasteiger partial charge in [-0.1, -0.05) is 18.2 Å². The van der Waals surface area contributed by atoms with Gasteiger partial charge < -0.3 is 10.2 Å². The first kappa shape index (κ1) is 14.5. The molecule has 0 aliphatic carbocycles. The predicted molar refractivity (Wildman–Crippen MR) is 88.4 cm³/mol. The van der Waals surface area contributed by atoms with Crippen LogP contribution in [0.5, 0.6) is 0 Å². The molecule has 1 aliphatic heterocycles. The van der Waals surface area contributed by atoms with Crippen LogP contribution in [0.4, 0.5) is 0 Å². The number of pyridine rings is 1. The lowest BCUT2D eigenvalue weighted by atomic mass is 9.97. The lowest BCUT2D eigenvalue weighted by Crippen LogP contribution is -2.34. The predicted octanol–water partition coefficient (Wildman–Crippen LogP) is 2.97. The topological polar surface area (TPSA) is 28.2 Å². The molecule has 0 bridgehead atoms. The Labute approximate surface area is 127 Å². The summed E-state index contributed by atoms with van der Waals surface area (Å²) in [4.78, 5) is 7.04. The second-order valence-electron chi connectivity index (χ2n) is 6.32. The maximum absolute atomic E-state index is 4.61. The van der Waals surface area contributed by atoms with E-state index in [-0.39, 0.29) is 0 Å². The van der Waals surface area contributed by atoms with Crippen molar-refractivity contribution in [1.29, 1.82) is 0 Å². The van der Waals surface area contributed by atoms with Gasteiger partial charge in [0.25, 0.3) is 0 Å². The van der Waals surface area contributed by atoms with E-state index in [0.717, 1.165) is 30.2 Å². The van der Waals surface area contributed by atoms with Gasteiger partial charge >= 0.3 is 0 Å². The molecule has 0 radical (unpaired) electrons. The smallest absolute Gasteiger partial charge is 0.0708 e. The van der Waals surface area contributed by atoms with Crippen molar-refractivity contribution >= 4 is 10.9 Å². The molecule has 0 saturated carbocycles. The number of aryl methyl sites for hydroxylation is 1. The SMILES string of the molecule is Cc1cc(CNCC2CCN(C)CC2)c2ccccc2n1. The summed E-state index contributed by atoms with van der Waals surface area (Å²) in [5, 5.41) is 4.94. The Kier molecular flexibility index (Phi) is 4.51. The second kappa shape index (κ2) is 6.54. The molecule has 2 heterocycles. The van der Waals surface area contributed by atoms with Crippen LogP contribution in [0, 0.1) is 12.8 Å². The molecule has 0 spiro atoms. The largest absolute Gasteiger partial charge is 0.312 e. The summed E-state index contributed by atoms with van der Waals surface area (Å²) in [6.45, 7) is 6.62. The first-order valence-electron chi connectivity index (χ1n) is 7.97. The van der Waals surface area contributed by atoms with Gasteiger partial charge in [-0.2, -0.15) is 0 Å². The molecule has 3 nitrogen and oxygen atoms in total. The molecule has 1 saturated heterocycles. The first-order valence-corrected chi connectivity index (χ1v) is 7.97. The van der Waals surface area contributed by atoms with E-state index >= 15 is 0 Å². The number of aromatic nitrogens is 1. The van der Waals surface area contributed by atoms with Crippen molar-refractivity contribution in [2.45, 2.75) is 26.3 Å². The zero-order chi connectivity index (χ0) is 14.7. The number of piperidine rings is 1.